The molecule has 1 N–H and O–H groups in total. The molecule has 4 aliphatic heterocycles. The lowest BCUT2D eigenvalue weighted by molar-refractivity contribution is -0.136. The molecule has 1 unspecified atom stereocenters. The van der Waals surface area contributed by atoms with Gasteiger partial charge in [-0.1, -0.05) is 66.1 Å². The molecule has 1 atom stereocenters. The van der Waals surface area contributed by atoms with E-state index in [2.05, 4.69) is 91.2 Å². The largest absolute Gasteiger partial charge is 0.332 e. The van der Waals surface area contributed by atoms with Crippen molar-refractivity contribution in [3.05, 3.63) is 160 Å². The average molecular weight is 873 g/mol. The highest BCUT2D eigenvalue weighted by Gasteiger charge is 2.39. The number of para-hydroxylation sites is 1. The van der Waals surface area contributed by atoms with Gasteiger partial charge in [-0.2, -0.15) is 0 Å². The standard InChI is InChI=1S/C54H48N8O4/c63-50-22-21-49(52(64)58-50)62-35-45-31-40(17-20-46(45)54(62)66)6-4-25-60-29-27-59(28-30-60)24-3-5-37-9-11-38(12-10-37)13-14-39-15-18-41(19-16-39)53(65)61-26-23-43-33-56-51(57-48(43)36-61)44-32-42-7-1-2-8-47(42)55-34-44/h1-2,7-12,15-20,31-34,49H,13-14,21-30,35-36H2,(H,58,63,64). The summed E-state index contributed by atoms with van der Waals surface area (Å²) < 4.78 is 0. The van der Waals surface area contributed by atoms with E-state index in [1.807, 2.05) is 65.8 Å². The van der Waals surface area contributed by atoms with Gasteiger partial charge >= 0.3 is 0 Å². The number of piperazine rings is 1. The Morgan fingerprint density at radius 2 is 1.39 bits per heavy atom. The van der Waals surface area contributed by atoms with Crippen LogP contribution in [0.3, 0.4) is 0 Å². The van der Waals surface area contributed by atoms with Crippen LogP contribution in [-0.4, -0.2) is 110 Å². The first-order valence-electron chi connectivity index (χ1n) is 22.7. The van der Waals surface area contributed by atoms with Crippen LogP contribution in [0, 0.1) is 23.7 Å². The fourth-order valence-electron chi connectivity index (χ4n) is 9.11. The maximum Gasteiger partial charge on any atom is 0.255 e. The number of pyridine rings is 1. The number of hydrogen-bond acceptors (Lipinski definition) is 9. The summed E-state index contributed by atoms with van der Waals surface area (Å²) in [5.74, 6) is 13.0. The molecule has 2 saturated heterocycles. The van der Waals surface area contributed by atoms with Gasteiger partial charge in [0.25, 0.3) is 11.8 Å². The zero-order valence-electron chi connectivity index (χ0n) is 36.6. The van der Waals surface area contributed by atoms with E-state index in [9.17, 15) is 19.2 Å². The summed E-state index contributed by atoms with van der Waals surface area (Å²) in [4.78, 5) is 72.8. The van der Waals surface area contributed by atoms with Gasteiger partial charge in [-0.15, -0.1) is 0 Å². The van der Waals surface area contributed by atoms with Crippen molar-refractivity contribution in [2.75, 3.05) is 45.8 Å². The van der Waals surface area contributed by atoms with Crippen molar-refractivity contribution in [3.63, 3.8) is 0 Å². The molecule has 10 rings (SSSR count). The zero-order valence-corrected chi connectivity index (χ0v) is 36.6. The van der Waals surface area contributed by atoms with Crippen LogP contribution in [0.4, 0.5) is 0 Å². The molecule has 4 aromatic carbocycles. The number of imide groups is 1. The van der Waals surface area contributed by atoms with Crippen LogP contribution in [0.15, 0.2) is 109 Å². The normalized spacial score (nSPS) is 17.3. The number of nitrogens with zero attached hydrogens (tertiary/aromatic N) is 7. The van der Waals surface area contributed by atoms with E-state index >= 15 is 0 Å². The van der Waals surface area contributed by atoms with Crippen molar-refractivity contribution in [2.24, 2.45) is 0 Å². The first-order chi connectivity index (χ1) is 32.3. The Morgan fingerprint density at radius 1 is 0.697 bits per heavy atom. The molecule has 0 aliphatic carbocycles. The topological polar surface area (TPSA) is 132 Å². The fourth-order valence-corrected chi connectivity index (χ4v) is 9.11. The number of benzene rings is 4. The van der Waals surface area contributed by atoms with E-state index in [1.54, 1.807) is 11.0 Å². The highest BCUT2D eigenvalue weighted by molar-refractivity contribution is 6.05. The van der Waals surface area contributed by atoms with Crippen molar-refractivity contribution in [1.29, 1.82) is 0 Å². The van der Waals surface area contributed by atoms with E-state index in [-0.39, 0.29) is 24.1 Å². The molecule has 2 aromatic heterocycles. The molecule has 4 amide bonds. The van der Waals surface area contributed by atoms with Crippen molar-refractivity contribution in [1.82, 2.24) is 39.9 Å². The van der Waals surface area contributed by atoms with Gasteiger partial charge in [0.2, 0.25) is 11.8 Å². The Hall–Kier alpha value is -7.51. The second kappa shape index (κ2) is 18.9. The van der Waals surface area contributed by atoms with E-state index < -0.39 is 11.9 Å². The van der Waals surface area contributed by atoms with Crippen molar-refractivity contribution >= 4 is 34.5 Å². The maximum absolute atomic E-state index is 13.6. The predicted molar refractivity (Wildman–Crippen MR) is 251 cm³/mol. The number of aromatic nitrogens is 3. The van der Waals surface area contributed by atoms with Gasteiger partial charge in [-0.05, 0) is 103 Å². The Labute approximate surface area is 384 Å². The van der Waals surface area contributed by atoms with Gasteiger partial charge in [-0.3, -0.25) is 39.3 Å². The van der Waals surface area contributed by atoms with Crippen molar-refractivity contribution in [3.8, 4) is 35.1 Å². The molecule has 0 saturated carbocycles. The van der Waals surface area contributed by atoms with Gasteiger partial charge in [-0.25, -0.2) is 9.97 Å². The van der Waals surface area contributed by atoms with Gasteiger partial charge in [0.1, 0.15) is 6.04 Å². The third kappa shape index (κ3) is 9.48. The second-order valence-corrected chi connectivity index (χ2v) is 17.4. The summed E-state index contributed by atoms with van der Waals surface area (Å²) in [6.45, 7) is 6.49. The minimum atomic E-state index is -0.622. The van der Waals surface area contributed by atoms with Crippen molar-refractivity contribution < 1.29 is 19.2 Å². The SMILES string of the molecule is O=C1CCC(N2Cc3cc(C#CCN4CCN(CC#Cc5ccc(CCc6ccc(C(=O)N7CCc8cnc(-c9cnc%10ccccc%10c9)nc8C7)cc6)cc5)CC4)ccc3C2=O)C(=O)N1. The molecule has 12 nitrogen and oxygen atoms in total. The van der Waals surface area contributed by atoms with Crippen LogP contribution in [-0.2, 0) is 41.9 Å². The third-order valence-electron chi connectivity index (χ3n) is 13.0. The van der Waals surface area contributed by atoms with Gasteiger partial charge in [0.05, 0.1) is 30.8 Å². The minimum Gasteiger partial charge on any atom is -0.332 e. The number of fused-ring (bicyclic) bond motifs is 3. The van der Waals surface area contributed by atoms with E-state index in [4.69, 9.17) is 4.98 Å². The maximum atomic E-state index is 13.6. The minimum absolute atomic E-state index is 0.0122. The summed E-state index contributed by atoms with van der Waals surface area (Å²) in [6.07, 6.45) is 6.78. The third-order valence-corrected chi connectivity index (χ3v) is 13.0. The van der Waals surface area contributed by atoms with Crippen LogP contribution in [0.5, 0.6) is 0 Å². The number of hydrogen-bond donors (Lipinski definition) is 1. The van der Waals surface area contributed by atoms with Crippen molar-refractivity contribution in [2.45, 2.75) is 51.2 Å². The summed E-state index contributed by atoms with van der Waals surface area (Å²) in [5, 5.41) is 3.39. The summed E-state index contributed by atoms with van der Waals surface area (Å²) in [6, 6.07) is 31.5. The predicted octanol–water partition coefficient (Wildman–Crippen LogP) is 5.46. The van der Waals surface area contributed by atoms with Crippen LogP contribution >= 0.6 is 0 Å². The van der Waals surface area contributed by atoms with E-state index in [0.717, 1.165) is 89.9 Å². The van der Waals surface area contributed by atoms with Crippen LogP contribution in [0.1, 0.15) is 72.6 Å². The van der Waals surface area contributed by atoms with Crippen LogP contribution in [0.25, 0.3) is 22.3 Å². The number of carbonyl (C=O) groups is 4. The molecular weight excluding hydrogens is 825 g/mol. The molecule has 66 heavy (non-hydrogen) atoms. The molecular formula is C54H48N8O4. The number of rotatable bonds is 8. The molecule has 12 heteroatoms. The quantitative estimate of drug-likeness (QED) is 0.157. The van der Waals surface area contributed by atoms with E-state index in [0.29, 0.717) is 56.1 Å². The number of nitrogens with one attached hydrogen (secondary N) is 1. The molecule has 0 spiro atoms. The lowest BCUT2D eigenvalue weighted by Crippen LogP contribution is -2.52. The Balaban J connectivity index is 0.647. The lowest BCUT2D eigenvalue weighted by Gasteiger charge is -2.32. The summed E-state index contributed by atoms with van der Waals surface area (Å²) in [5.41, 5.74) is 10.2. The second-order valence-electron chi connectivity index (χ2n) is 17.4. The lowest BCUT2D eigenvalue weighted by atomic mass is 10.0. The van der Waals surface area contributed by atoms with Gasteiger partial charge in [0, 0.05) is 91.3 Å². The smallest absolute Gasteiger partial charge is 0.255 e. The average Bonchev–Trinajstić information content (AvgIpc) is 3.68. The Morgan fingerprint density at radius 3 is 2.14 bits per heavy atom. The number of aryl methyl sites for hydroxylation is 2. The highest BCUT2D eigenvalue weighted by Crippen LogP contribution is 2.29. The first kappa shape index (κ1) is 42.4. The van der Waals surface area contributed by atoms with Gasteiger partial charge in [0.15, 0.2) is 5.82 Å². The summed E-state index contributed by atoms with van der Waals surface area (Å²) in [7, 11) is 0. The molecule has 328 valence electrons. The molecule has 0 radical (unpaired) electrons. The van der Waals surface area contributed by atoms with E-state index in [1.165, 1.54) is 11.1 Å². The van der Waals surface area contributed by atoms with Crippen LogP contribution < -0.4 is 5.32 Å². The fraction of sp³-hybridized carbons (Fsp3) is 0.278. The first-order valence-corrected chi connectivity index (χ1v) is 22.7. The molecule has 4 aliphatic rings. The molecule has 6 heterocycles. The summed E-state index contributed by atoms with van der Waals surface area (Å²) >= 11 is 0. The van der Waals surface area contributed by atoms with Crippen LogP contribution in [0.2, 0.25) is 0 Å². The molecule has 6 aromatic rings. The number of amides is 4. The number of carbonyl (C=O) groups excluding carboxylic acids is 4. The number of piperidine rings is 1. The Bertz CT molecular complexity index is 2990. The highest BCUT2D eigenvalue weighted by atomic mass is 16.2. The van der Waals surface area contributed by atoms with Gasteiger partial charge < -0.3 is 9.80 Å². The molecule has 2 fully saturated rings. The monoisotopic (exact) mass is 872 g/mol. The molecule has 0 bridgehead atoms. The Kier molecular flexibility index (Phi) is 12.2. The zero-order chi connectivity index (χ0) is 45.0.